The van der Waals surface area contributed by atoms with Crippen LogP contribution in [0.15, 0.2) is 77.1 Å². The summed E-state index contributed by atoms with van der Waals surface area (Å²) in [6.45, 7) is 5.50. The Labute approximate surface area is 117 Å². The molecule has 0 bridgehead atoms. The van der Waals surface area contributed by atoms with Gasteiger partial charge in [-0.15, -0.1) is 0 Å². The van der Waals surface area contributed by atoms with Gasteiger partial charge < -0.3 is 4.74 Å². The molecule has 3 heteroatoms. The highest BCUT2D eigenvalue weighted by molar-refractivity contribution is 6.18. The summed E-state index contributed by atoms with van der Waals surface area (Å²) >= 11 is 0. The Morgan fingerprint density at radius 1 is 1.15 bits per heavy atom. The van der Waals surface area contributed by atoms with E-state index in [1.54, 1.807) is 0 Å². The highest BCUT2D eigenvalue weighted by Crippen LogP contribution is 2.24. The summed E-state index contributed by atoms with van der Waals surface area (Å²) < 4.78 is 5.80. The monoisotopic (exact) mass is 262 g/mol. The van der Waals surface area contributed by atoms with Crippen LogP contribution < -0.4 is 0 Å². The van der Waals surface area contributed by atoms with Gasteiger partial charge in [-0.25, -0.2) is 4.99 Å². The zero-order chi connectivity index (χ0) is 13.9. The van der Waals surface area contributed by atoms with Crippen LogP contribution in [-0.2, 0) is 4.74 Å². The summed E-state index contributed by atoms with van der Waals surface area (Å²) in [6.07, 6.45) is 3.32. The van der Waals surface area contributed by atoms with E-state index in [0.29, 0.717) is 17.5 Å². The van der Waals surface area contributed by atoms with Crippen LogP contribution in [0.3, 0.4) is 0 Å². The average Bonchev–Trinajstić information content (AvgIpc) is 2.90. The quantitative estimate of drug-likeness (QED) is 0.803. The van der Waals surface area contributed by atoms with Crippen molar-refractivity contribution in [1.82, 2.24) is 0 Å². The molecule has 0 radical (unpaired) electrons. The van der Waals surface area contributed by atoms with E-state index in [4.69, 9.17) is 4.74 Å². The van der Waals surface area contributed by atoms with Gasteiger partial charge in [0.2, 0.25) is 5.90 Å². The summed E-state index contributed by atoms with van der Waals surface area (Å²) in [5.41, 5.74) is 0.969. The molecule has 1 aliphatic heterocycles. The fraction of sp³-hybridized carbons (Fsp3) is 0.0588. The van der Waals surface area contributed by atoms with Gasteiger partial charge in [0.05, 0.1) is 0 Å². The summed E-state index contributed by atoms with van der Waals surface area (Å²) in [5, 5.41) is 2.27. The van der Waals surface area contributed by atoms with Crippen LogP contribution in [0.1, 0.15) is 12.5 Å². The maximum Gasteiger partial charge on any atom is 0.229 e. The van der Waals surface area contributed by atoms with E-state index in [9.17, 15) is 0 Å². The molecule has 0 N–H and O–H groups in total. The Bertz CT molecular complexity index is 764. The number of hydrogen-bond donors (Lipinski definition) is 0. The Kier molecular flexibility index (Phi) is 3.17. The first-order valence-electron chi connectivity index (χ1n) is 6.43. The van der Waals surface area contributed by atoms with Gasteiger partial charge in [0.1, 0.15) is 0 Å². The van der Waals surface area contributed by atoms with Crippen LogP contribution in [0.4, 0.5) is 0 Å². The van der Waals surface area contributed by atoms with Crippen molar-refractivity contribution in [3.8, 4) is 0 Å². The third kappa shape index (κ3) is 2.03. The normalized spacial score (nSPS) is 18.4. The SMILES string of the molecule is C=C/N=C1/N=C(c2cccc3ccccc23)O/C1=C/C. The van der Waals surface area contributed by atoms with E-state index in [1.807, 2.05) is 37.3 Å². The van der Waals surface area contributed by atoms with E-state index in [2.05, 4.69) is 34.8 Å². The van der Waals surface area contributed by atoms with Gasteiger partial charge in [-0.1, -0.05) is 43.0 Å². The standard InChI is InChI=1S/C17H14N2O/c1-3-15-16(18-4-2)19-17(20-15)14-11-7-9-12-8-5-6-10-13(12)14/h3-11H,2H2,1H3/b15-3+,18-16+. The van der Waals surface area contributed by atoms with E-state index in [1.165, 1.54) is 6.20 Å². The average molecular weight is 262 g/mol. The molecule has 0 amide bonds. The predicted molar refractivity (Wildman–Crippen MR) is 83.0 cm³/mol. The van der Waals surface area contributed by atoms with Gasteiger partial charge in [0, 0.05) is 11.8 Å². The lowest BCUT2D eigenvalue weighted by Gasteiger charge is -2.05. The molecule has 98 valence electrons. The van der Waals surface area contributed by atoms with E-state index in [-0.39, 0.29) is 0 Å². The number of amidine groups is 1. The summed E-state index contributed by atoms with van der Waals surface area (Å²) in [5.74, 6) is 1.80. The minimum atomic E-state index is 0.561. The van der Waals surface area contributed by atoms with Crippen molar-refractivity contribution < 1.29 is 4.74 Å². The van der Waals surface area contributed by atoms with Gasteiger partial charge in [-0.05, 0) is 29.8 Å². The number of benzene rings is 2. The molecule has 1 heterocycles. The Morgan fingerprint density at radius 2 is 1.95 bits per heavy atom. The van der Waals surface area contributed by atoms with Crippen molar-refractivity contribution in [1.29, 1.82) is 0 Å². The fourth-order valence-corrected chi connectivity index (χ4v) is 2.22. The molecule has 20 heavy (non-hydrogen) atoms. The summed E-state index contributed by atoms with van der Waals surface area (Å²) in [7, 11) is 0. The molecule has 0 atom stereocenters. The maximum absolute atomic E-state index is 5.80. The van der Waals surface area contributed by atoms with Gasteiger partial charge in [0.25, 0.3) is 0 Å². The number of allylic oxidation sites excluding steroid dienone is 1. The molecule has 0 spiro atoms. The van der Waals surface area contributed by atoms with Crippen molar-refractivity contribution >= 4 is 22.5 Å². The van der Waals surface area contributed by atoms with Gasteiger partial charge in [0.15, 0.2) is 11.6 Å². The first-order chi connectivity index (χ1) is 9.83. The predicted octanol–water partition coefficient (Wildman–Crippen LogP) is 4.06. The zero-order valence-electron chi connectivity index (χ0n) is 11.2. The largest absolute Gasteiger partial charge is 0.435 e. The number of hydrogen-bond acceptors (Lipinski definition) is 2. The lowest BCUT2D eigenvalue weighted by atomic mass is 10.0. The first-order valence-corrected chi connectivity index (χ1v) is 6.43. The van der Waals surface area contributed by atoms with Crippen molar-refractivity contribution in [3.05, 3.63) is 72.6 Å². The van der Waals surface area contributed by atoms with E-state index in [0.717, 1.165) is 16.3 Å². The molecular formula is C17H14N2O. The van der Waals surface area contributed by atoms with Gasteiger partial charge in [-0.3, -0.25) is 0 Å². The molecule has 0 aliphatic carbocycles. The first kappa shape index (κ1) is 12.4. The van der Waals surface area contributed by atoms with Crippen molar-refractivity contribution in [3.63, 3.8) is 0 Å². The summed E-state index contributed by atoms with van der Waals surface area (Å²) in [4.78, 5) is 8.59. The lowest BCUT2D eigenvalue weighted by molar-refractivity contribution is 0.460. The van der Waals surface area contributed by atoms with E-state index < -0.39 is 0 Å². The van der Waals surface area contributed by atoms with Crippen molar-refractivity contribution in [2.24, 2.45) is 9.98 Å². The fourth-order valence-electron chi connectivity index (χ4n) is 2.22. The van der Waals surface area contributed by atoms with Crippen molar-refractivity contribution in [2.45, 2.75) is 6.92 Å². The van der Waals surface area contributed by atoms with Gasteiger partial charge in [-0.2, -0.15) is 4.99 Å². The Hall–Kier alpha value is -2.68. The maximum atomic E-state index is 5.80. The third-order valence-electron chi connectivity index (χ3n) is 3.13. The Balaban J connectivity index is 2.15. The molecule has 0 saturated carbocycles. The number of nitrogens with zero attached hydrogens (tertiary/aromatic N) is 2. The molecule has 0 aromatic heterocycles. The van der Waals surface area contributed by atoms with E-state index >= 15 is 0 Å². The van der Waals surface area contributed by atoms with Crippen molar-refractivity contribution in [2.75, 3.05) is 0 Å². The molecule has 3 nitrogen and oxygen atoms in total. The molecule has 3 rings (SSSR count). The van der Waals surface area contributed by atoms with Crippen LogP contribution in [0.2, 0.25) is 0 Å². The molecule has 0 saturated heterocycles. The molecular weight excluding hydrogens is 248 g/mol. The van der Waals surface area contributed by atoms with Crippen LogP contribution in [0.5, 0.6) is 0 Å². The smallest absolute Gasteiger partial charge is 0.229 e. The van der Waals surface area contributed by atoms with Crippen LogP contribution in [0.25, 0.3) is 10.8 Å². The second kappa shape index (κ2) is 5.13. The molecule has 0 unspecified atom stereocenters. The number of aliphatic imine (C=N–C) groups is 2. The van der Waals surface area contributed by atoms with Gasteiger partial charge >= 0.3 is 0 Å². The minimum absolute atomic E-state index is 0.561. The minimum Gasteiger partial charge on any atom is -0.435 e. The zero-order valence-corrected chi connectivity index (χ0v) is 11.2. The third-order valence-corrected chi connectivity index (χ3v) is 3.13. The molecule has 1 aliphatic rings. The molecule has 0 fully saturated rings. The lowest BCUT2D eigenvalue weighted by Crippen LogP contribution is -2.01. The highest BCUT2D eigenvalue weighted by Gasteiger charge is 2.22. The molecule has 2 aromatic carbocycles. The topological polar surface area (TPSA) is 34.0 Å². The second-order valence-electron chi connectivity index (χ2n) is 4.33. The highest BCUT2D eigenvalue weighted by atomic mass is 16.5. The van der Waals surface area contributed by atoms with Crippen LogP contribution in [-0.4, -0.2) is 11.7 Å². The Morgan fingerprint density at radius 3 is 2.75 bits per heavy atom. The number of ether oxygens (including phenoxy) is 1. The second-order valence-corrected chi connectivity index (χ2v) is 4.33. The summed E-state index contributed by atoms with van der Waals surface area (Å²) in [6, 6.07) is 14.2. The van der Waals surface area contributed by atoms with Crippen LogP contribution in [0, 0.1) is 0 Å². The number of fused-ring (bicyclic) bond motifs is 1. The number of rotatable bonds is 2. The molecule has 2 aromatic rings. The van der Waals surface area contributed by atoms with Crippen LogP contribution >= 0.6 is 0 Å².